The van der Waals surface area contributed by atoms with Crippen molar-refractivity contribution in [3.05, 3.63) is 69.3 Å². The van der Waals surface area contributed by atoms with Gasteiger partial charge in [0, 0.05) is 29.9 Å². The number of nitrogens with one attached hydrogen (secondary N) is 1. The second-order valence-corrected chi connectivity index (χ2v) is 7.63. The molecule has 0 radical (unpaired) electrons. The Morgan fingerprint density at radius 2 is 1.89 bits per heavy atom. The van der Waals surface area contributed by atoms with Gasteiger partial charge in [-0.1, -0.05) is 6.08 Å². The molecule has 1 heterocycles. The number of benzene rings is 2. The fourth-order valence-electron chi connectivity index (χ4n) is 3.80. The van der Waals surface area contributed by atoms with E-state index in [1.54, 1.807) is 18.3 Å². The quantitative estimate of drug-likeness (QED) is 0.431. The fraction of sp³-hybridized carbons (Fsp3) is 0.318. The number of anilines is 2. The van der Waals surface area contributed by atoms with Gasteiger partial charge >= 0.3 is 0 Å². The summed E-state index contributed by atoms with van der Waals surface area (Å²) in [6, 6.07) is 10.6. The molecule has 0 saturated carbocycles. The Morgan fingerprint density at radius 1 is 1.21 bits per heavy atom. The van der Waals surface area contributed by atoms with Gasteiger partial charge in [0.2, 0.25) is 0 Å². The molecule has 0 fully saturated rings. The zero-order valence-electron chi connectivity index (χ0n) is 17.0. The lowest BCUT2D eigenvalue weighted by molar-refractivity contribution is -0.384. The van der Waals surface area contributed by atoms with Crippen LogP contribution >= 0.6 is 0 Å². The maximum absolute atomic E-state index is 10.7. The van der Waals surface area contributed by atoms with E-state index < -0.39 is 4.92 Å². The number of nitrogens with zero attached hydrogens (tertiary/aromatic N) is 3. The Balaban J connectivity index is 1.85. The van der Waals surface area contributed by atoms with Crippen LogP contribution in [0.4, 0.5) is 17.1 Å². The lowest BCUT2D eigenvalue weighted by atomic mass is 9.87. The number of aryl methyl sites for hydroxylation is 1. The van der Waals surface area contributed by atoms with Crippen LogP contribution in [0, 0.1) is 17.0 Å². The monoisotopic (exact) mass is 378 g/mol. The standard InChI is InChI=1S/C22H26N4O2/c1-6-25-21-11-15(2)17(12-20(21)16(3)13-22(25,4)5)14-23-24-18-7-9-19(10-8-18)26(27)28/h7-14,24H,6H2,1-5H3/b23-14+. The van der Waals surface area contributed by atoms with Crippen LogP contribution in [0.1, 0.15) is 44.4 Å². The minimum atomic E-state index is -0.416. The first-order chi connectivity index (χ1) is 13.2. The van der Waals surface area contributed by atoms with Gasteiger partial charge in [0.25, 0.3) is 5.69 Å². The molecule has 1 aliphatic heterocycles. The predicted molar refractivity (Wildman–Crippen MR) is 116 cm³/mol. The van der Waals surface area contributed by atoms with Crippen molar-refractivity contribution in [2.75, 3.05) is 16.9 Å². The van der Waals surface area contributed by atoms with Gasteiger partial charge < -0.3 is 4.90 Å². The molecular formula is C22H26N4O2. The number of hydrazone groups is 1. The number of likely N-dealkylation sites (N-methyl/N-ethyl adjacent to an activating group) is 1. The van der Waals surface area contributed by atoms with Gasteiger partial charge in [-0.15, -0.1) is 0 Å². The summed E-state index contributed by atoms with van der Waals surface area (Å²) in [5, 5.41) is 15.0. The zero-order chi connectivity index (χ0) is 20.5. The minimum absolute atomic E-state index is 0.00858. The van der Waals surface area contributed by atoms with Gasteiger partial charge in [0.05, 0.1) is 22.4 Å². The van der Waals surface area contributed by atoms with Crippen LogP contribution < -0.4 is 10.3 Å². The molecule has 2 aromatic rings. The summed E-state index contributed by atoms with van der Waals surface area (Å²) in [7, 11) is 0. The van der Waals surface area contributed by atoms with E-state index in [4.69, 9.17) is 0 Å². The average molecular weight is 378 g/mol. The molecule has 0 saturated heterocycles. The highest BCUT2D eigenvalue weighted by molar-refractivity contribution is 5.89. The van der Waals surface area contributed by atoms with E-state index in [0.717, 1.165) is 17.7 Å². The van der Waals surface area contributed by atoms with E-state index in [1.165, 1.54) is 29.0 Å². The Hall–Kier alpha value is -3.15. The first kappa shape index (κ1) is 19.6. The van der Waals surface area contributed by atoms with E-state index in [0.29, 0.717) is 5.69 Å². The number of nitro groups is 1. The molecule has 1 aliphatic rings. The van der Waals surface area contributed by atoms with Crippen molar-refractivity contribution in [2.24, 2.45) is 5.10 Å². The van der Waals surface area contributed by atoms with Crippen molar-refractivity contribution in [3.8, 4) is 0 Å². The summed E-state index contributed by atoms with van der Waals surface area (Å²) < 4.78 is 0. The van der Waals surface area contributed by atoms with Gasteiger partial charge in [0.1, 0.15) is 0 Å². The van der Waals surface area contributed by atoms with Crippen LogP contribution in [0.25, 0.3) is 5.57 Å². The number of rotatable bonds is 5. The lowest BCUT2D eigenvalue weighted by Crippen LogP contribution is -2.45. The number of hydrogen-bond donors (Lipinski definition) is 1. The maximum atomic E-state index is 10.7. The SMILES string of the molecule is CCN1c2cc(C)c(/C=N/Nc3ccc([N+](=O)[O-])cc3)cc2C(C)=CC1(C)C. The number of non-ortho nitro benzene ring substituents is 1. The Morgan fingerprint density at radius 3 is 2.50 bits per heavy atom. The predicted octanol–water partition coefficient (Wildman–Crippen LogP) is 5.37. The Kier molecular flexibility index (Phi) is 5.23. The minimum Gasteiger partial charge on any atom is -0.363 e. The maximum Gasteiger partial charge on any atom is 0.269 e. The molecule has 0 aliphatic carbocycles. The van der Waals surface area contributed by atoms with E-state index >= 15 is 0 Å². The van der Waals surface area contributed by atoms with Gasteiger partial charge in [-0.3, -0.25) is 15.5 Å². The summed E-state index contributed by atoms with van der Waals surface area (Å²) in [5.41, 5.74) is 9.62. The average Bonchev–Trinajstić information content (AvgIpc) is 2.62. The summed E-state index contributed by atoms with van der Waals surface area (Å²) >= 11 is 0. The van der Waals surface area contributed by atoms with Crippen molar-refractivity contribution >= 4 is 28.8 Å². The zero-order valence-corrected chi connectivity index (χ0v) is 17.0. The van der Waals surface area contributed by atoms with Crippen LogP contribution in [0.2, 0.25) is 0 Å². The third kappa shape index (κ3) is 3.76. The second kappa shape index (κ2) is 7.46. The molecule has 6 nitrogen and oxygen atoms in total. The van der Waals surface area contributed by atoms with E-state index in [-0.39, 0.29) is 11.2 Å². The van der Waals surface area contributed by atoms with Crippen molar-refractivity contribution < 1.29 is 4.92 Å². The van der Waals surface area contributed by atoms with Crippen molar-refractivity contribution in [2.45, 2.75) is 40.2 Å². The number of nitro benzene ring substituents is 1. The van der Waals surface area contributed by atoms with Crippen molar-refractivity contribution in [3.63, 3.8) is 0 Å². The highest BCUT2D eigenvalue weighted by atomic mass is 16.6. The Labute approximate surface area is 165 Å². The summed E-state index contributed by atoms with van der Waals surface area (Å²) in [6.07, 6.45) is 4.10. The highest BCUT2D eigenvalue weighted by Crippen LogP contribution is 2.39. The molecule has 0 spiro atoms. The first-order valence-corrected chi connectivity index (χ1v) is 9.38. The van der Waals surface area contributed by atoms with Gasteiger partial charge in [-0.05, 0) is 75.6 Å². The molecule has 6 heteroatoms. The van der Waals surface area contributed by atoms with Crippen LogP contribution in [-0.2, 0) is 0 Å². The van der Waals surface area contributed by atoms with Crippen LogP contribution in [0.15, 0.2) is 47.6 Å². The molecule has 0 unspecified atom stereocenters. The molecule has 0 aromatic heterocycles. The first-order valence-electron chi connectivity index (χ1n) is 9.38. The molecule has 0 amide bonds. The molecule has 3 rings (SSSR count). The molecule has 28 heavy (non-hydrogen) atoms. The molecular weight excluding hydrogens is 352 g/mol. The fourth-order valence-corrected chi connectivity index (χ4v) is 3.80. The van der Waals surface area contributed by atoms with E-state index in [2.05, 4.69) is 68.3 Å². The highest BCUT2D eigenvalue weighted by Gasteiger charge is 2.30. The Bertz CT molecular complexity index is 959. The third-order valence-electron chi connectivity index (χ3n) is 5.16. The second-order valence-electron chi connectivity index (χ2n) is 7.63. The summed E-state index contributed by atoms with van der Waals surface area (Å²) in [5.74, 6) is 0. The normalized spacial score (nSPS) is 15.3. The molecule has 1 N–H and O–H groups in total. The summed E-state index contributed by atoms with van der Waals surface area (Å²) in [6.45, 7) is 11.8. The third-order valence-corrected chi connectivity index (χ3v) is 5.16. The molecule has 2 aromatic carbocycles. The van der Waals surface area contributed by atoms with Gasteiger partial charge in [0.15, 0.2) is 0 Å². The number of hydrogen-bond acceptors (Lipinski definition) is 5. The van der Waals surface area contributed by atoms with Crippen molar-refractivity contribution in [1.82, 2.24) is 0 Å². The van der Waals surface area contributed by atoms with Crippen LogP contribution in [0.3, 0.4) is 0 Å². The van der Waals surface area contributed by atoms with Crippen LogP contribution in [0.5, 0.6) is 0 Å². The molecule has 0 bridgehead atoms. The van der Waals surface area contributed by atoms with Gasteiger partial charge in [-0.2, -0.15) is 5.10 Å². The molecule has 0 atom stereocenters. The number of fused-ring (bicyclic) bond motifs is 1. The topological polar surface area (TPSA) is 70.8 Å². The van der Waals surface area contributed by atoms with E-state index in [9.17, 15) is 10.1 Å². The largest absolute Gasteiger partial charge is 0.363 e. The van der Waals surface area contributed by atoms with E-state index in [1.807, 2.05) is 0 Å². The molecule has 146 valence electrons. The lowest BCUT2D eigenvalue weighted by Gasteiger charge is -2.43. The van der Waals surface area contributed by atoms with Gasteiger partial charge in [-0.25, -0.2) is 0 Å². The number of allylic oxidation sites excluding steroid dienone is 1. The summed E-state index contributed by atoms with van der Waals surface area (Å²) in [4.78, 5) is 12.7. The van der Waals surface area contributed by atoms with Crippen molar-refractivity contribution in [1.29, 1.82) is 0 Å². The van der Waals surface area contributed by atoms with Crippen LogP contribution in [-0.4, -0.2) is 23.2 Å². The smallest absolute Gasteiger partial charge is 0.269 e.